The molecule has 0 radical (unpaired) electrons. The molecule has 0 aliphatic carbocycles. The number of aromatic nitrogens is 2. The summed E-state index contributed by atoms with van der Waals surface area (Å²) in [4.78, 5) is 4.20. The first-order valence-corrected chi connectivity index (χ1v) is 6.59. The van der Waals surface area contributed by atoms with Crippen LogP contribution in [0.4, 0.5) is 0 Å². The number of aliphatic imine (C=N–C) groups is 1. The summed E-state index contributed by atoms with van der Waals surface area (Å²) in [6.07, 6.45) is 3.78. The van der Waals surface area contributed by atoms with Gasteiger partial charge in [-0.2, -0.15) is 5.10 Å². The van der Waals surface area contributed by atoms with Crippen molar-refractivity contribution in [1.82, 2.24) is 20.4 Å². The van der Waals surface area contributed by atoms with Crippen LogP contribution in [-0.4, -0.2) is 49.1 Å². The highest BCUT2D eigenvalue weighted by atomic mass is 127. The topological polar surface area (TPSA) is 63.5 Å². The van der Waals surface area contributed by atoms with E-state index in [-0.39, 0.29) is 30.0 Å². The van der Waals surface area contributed by atoms with E-state index in [0.29, 0.717) is 12.5 Å². The van der Waals surface area contributed by atoms with Crippen LogP contribution in [0.1, 0.15) is 13.8 Å². The first-order chi connectivity index (χ1) is 9.15. The molecule has 116 valence electrons. The summed E-state index contributed by atoms with van der Waals surface area (Å²) >= 11 is 0. The standard InChI is InChI=1S/C13H25N5O.HI/c1-11(9-18-7-5-6-16-18)8-15-13(14-3)17-12(2)10-19-4;/h5-7,11-12H,8-10H2,1-4H3,(H2,14,15,17);1H. The zero-order valence-electron chi connectivity index (χ0n) is 12.7. The Morgan fingerprint density at radius 1 is 1.45 bits per heavy atom. The van der Waals surface area contributed by atoms with Gasteiger partial charge in [0.15, 0.2) is 5.96 Å². The second-order valence-corrected chi connectivity index (χ2v) is 4.79. The number of guanidine groups is 1. The summed E-state index contributed by atoms with van der Waals surface area (Å²) in [5.41, 5.74) is 0. The molecular formula is C13H26IN5O. The molecule has 0 bridgehead atoms. The van der Waals surface area contributed by atoms with Crippen molar-refractivity contribution in [2.24, 2.45) is 10.9 Å². The molecule has 7 heteroatoms. The predicted octanol–water partition coefficient (Wildman–Crippen LogP) is 1.34. The number of halogens is 1. The zero-order chi connectivity index (χ0) is 14.1. The fraction of sp³-hybridized carbons (Fsp3) is 0.692. The van der Waals surface area contributed by atoms with Crippen molar-refractivity contribution < 1.29 is 4.74 Å². The number of nitrogens with zero attached hydrogens (tertiary/aromatic N) is 3. The van der Waals surface area contributed by atoms with Gasteiger partial charge in [-0.1, -0.05) is 6.92 Å². The quantitative estimate of drug-likeness (QED) is 0.416. The van der Waals surface area contributed by atoms with Crippen LogP contribution in [-0.2, 0) is 11.3 Å². The molecule has 0 fully saturated rings. The fourth-order valence-electron chi connectivity index (χ4n) is 1.78. The maximum Gasteiger partial charge on any atom is 0.191 e. The molecule has 6 nitrogen and oxygen atoms in total. The molecule has 0 saturated carbocycles. The van der Waals surface area contributed by atoms with Gasteiger partial charge in [0.2, 0.25) is 0 Å². The van der Waals surface area contributed by atoms with Crippen LogP contribution in [0.15, 0.2) is 23.5 Å². The van der Waals surface area contributed by atoms with E-state index in [1.165, 1.54) is 0 Å². The van der Waals surface area contributed by atoms with Gasteiger partial charge in [-0.15, -0.1) is 24.0 Å². The third kappa shape index (κ3) is 7.68. The average molecular weight is 395 g/mol. The molecule has 0 aromatic carbocycles. The van der Waals surface area contributed by atoms with Crippen LogP contribution >= 0.6 is 24.0 Å². The van der Waals surface area contributed by atoms with Gasteiger partial charge < -0.3 is 15.4 Å². The number of ether oxygens (including phenoxy) is 1. The lowest BCUT2D eigenvalue weighted by atomic mass is 10.2. The molecule has 1 aromatic heterocycles. The Hall–Kier alpha value is -0.830. The van der Waals surface area contributed by atoms with Crippen LogP contribution in [0, 0.1) is 5.92 Å². The summed E-state index contributed by atoms with van der Waals surface area (Å²) in [7, 11) is 3.47. The van der Waals surface area contributed by atoms with Crippen molar-refractivity contribution >= 4 is 29.9 Å². The molecule has 0 aliphatic rings. The van der Waals surface area contributed by atoms with Gasteiger partial charge in [0.1, 0.15) is 0 Å². The monoisotopic (exact) mass is 395 g/mol. The maximum atomic E-state index is 5.09. The molecule has 2 atom stereocenters. The molecule has 1 heterocycles. The van der Waals surface area contributed by atoms with E-state index in [1.54, 1.807) is 20.4 Å². The second-order valence-electron chi connectivity index (χ2n) is 4.79. The fourth-order valence-corrected chi connectivity index (χ4v) is 1.78. The third-order valence-corrected chi connectivity index (χ3v) is 2.70. The average Bonchev–Trinajstić information content (AvgIpc) is 2.87. The predicted molar refractivity (Wildman–Crippen MR) is 92.6 cm³/mol. The van der Waals surface area contributed by atoms with Crippen molar-refractivity contribution in [3.63, 3.8) is 0 Å². The maximum absolute atomic E-state index is 5.09. The third-order valence-electron chi connectivity index (χ3n) is 2.70. The number of methoxy groups -OCH3 is 1. The molecule has 0 saturated heterocycles. The van der Waals surface area contributed by atoms with Gasteiger partial charge in [-0.05, 0) is 18.9 Å². The first kappa shape index (κ1) is 19.2. The highest BCUT2D eigenvalue weighted by Crippen LogP contribution is 1.97. The van der Waals surface area contributed by atoms with E-state index in [9.17, 15) is 0 Å². The Labute approximate surface area is 138 Å². The minimum Gasteiger partial charge on any atom is -0.383 e. The zero-order valence-corrected chi connectivity index (χ0v) is 15.0. The Bertz CT molecular complexity index is 369. The summed E-state index contributed by atoms with van der Waals surface area (Å²) in [5, 5.41) is 10.8. The van der Waals surface area contributed by atoms with E-state index in [0.717, 1.165) is 19.0 Å². The van der Waals surface area contributed by atoms with Gasteiger partial charge in [-0.3, -0.25) is 9.67 Å². The Morgan fingerprint density at radius 3 is 2.75 bits per heavy atom. The number of rotatable bonds is 7. The molecule has 20 heavy (non-hydrogen) atoms. The van der Waals surface area contributed by atoms with E-state index in [2.05, 4.69) is 34.6 Å². The normalized spacial score (nSPS) is 14.3. The SMILES string of the molecule is CN=C(NCC(C)Cn1cccn1)NC(C)COC.I. The van der Waals surface area contributed by atoms with Crippen LogP contribution in [0.2, 0.25) is 0 Å². The largest absolute Gasteiger partial charge is 0.383 e. The molecule has 2 N–H and O–H groups in total. The van der Waals surface area contributed by atoms with Crippen molar-refractivity contribution in [2.45, 2.75) is 26.4 Å². The Morgan fingerprint density at radius 2 is 2.20 bits per heavy atom. The van der Waals surface area contributed by atoms with Crippen LogP contribution in [0.25, 0.3) is 0 Å². The number of nitrogens with one attached hydrogen (secondary N) is 2. The van der Waals surface area contributed by atoms with Gasteiger partial charge in [0, 0.05) is 45.7 Å². The Kier molecular flexibility index (Phi) is 10.4. The van der Waals surface area contributed by atoms with E-state index in [4.69, 9.17) is 4.74 Å². The lowest BCUT2D eigenvalue weighted by Crippen LogP contribution is -2.45. The summed E-state index contributed by atoms with van der Waals surface area (Å²) < 4.78 is 7.03. The smallest absolute Gasteiger partial charge is 0.191 e. The molecule has 1 rings (SSSR count). The molecule has 1 aromatic rings. The van der Waals surface area contributed by atoms with E-state index in [1.807, 2.05) is 16.9 Å². The molecular weight excluding hydrogens is 369 g/mol. The molecule has 0 spiro atoms. The first-order valence-electron chi connectivity index (χ1n) is 6.59. The second kappa shape index (κ2) is 10.9. The van der Waals surface area contributed by atoms with Crippen LogP contribution in [0.5, 0.6) is 0 Å². The Balaban J connectivity index is 0.00000361. The van der Waals surface area contributed by atoms with Crippen LogP contribution < -0.4 is 10.6 Å². The number of hydrogen-bond acceptors (Lipinski definition) is 3. The van der Waals surface area contributed by atoms with Crippen LogP contribution in [0.3, 0.4) is 0 Å². The highest BCUT2D eigenvalue weighted by Gasteiger charge is 2.07. The highest BCUT2D eigenvalue weighted by molar-refractivity contribution is 14.0. The molecule has 2 unspecified atom stereocenters. The van der Waals surface area contributed by atoms with Crippen molar-refractivity contribution in [1.29, 1.82) is 0 Å². The van der Waals surface area contributed by atoms with Crippen molar-refractivity contribution in [2.75, 3.05) is 27.3 Å². The minimum atomic E-state index is 0. The molecule has 0 amide bonds. The lowest BCUT2D eigenvalue weighted by Gasteiger charge is -2.19. The van der Waals surface area contributed by atoms with Gasteiger partial charge in [0.25, 0.3) is 0 Å². The number of hydrogen-bond donors (Lipinski definition) is 2. The summed E-state index contributed by atoms with van der Waals surface area (Å²) in [6, 6.07) is 2.17. The van der Waals surface area contributed by atoms with Gasteiger partial charge in [-0.25, -0.2) is 0 Å². The van der Waals surface area contributed by atoms with Gasteiger partial charge in [0.05, 0.1) is 6.61 Å². The minimum absolute atomic E-state index is 0. The van der Waals surface area contributed by atoms with Crippen molar-refractivity contribution in [3.8, 4) is 0 Å². The summed E-state index contributed by atoms with van der Waals surface area (Å²) in [6.45, 7) is 6.64. The van der Waals surface area contributed by atoms with E-state index < -0.39 is 0 Å². The lowest BCUT2D eigenvalue weighted by molar-refractivity contribution is 0.179. The van der Waals surface area contributed by atoms with Gasteiger partial charge >= 0.3 is 0 Å². The summed E-state index contributed by atoms with van der Waals surface area (Å²) in [5.74, 6) is 1.27. The van der Waals surface area contributed by atoms with Crippen molar-refractivity contribution in [3.05, 3.63) is 18.5 Å². The molecule has 0 aliphatic heterocycles. The van der Waals surface area contributed by atoms with E-state index >= 15 is 0 Å².